The third kappa shape index (κ3) is 4.90. The van der Waals surface area contributed by atoms with Crippen LogP contribution in [0.25, 0.3) is 0 Å². The Hall–Kier alpha value is -2.97. The molecule has 3 aromatic rings. The Balaban J connectivity index is 1.89. The smallest absolute Gasteiger partial charge is 0.227 e. The van der Waals surface area contributed by atoms with Gasteiger partial charge in [0, 0.05) is 35.7 Å². The van der Waals surface area contributed by atoms with Gasteiger partial charge in [0.25, 0.3) is 0 Å². The minimum absolute atomic E-state index is 0.0915. The number of Topliss-reactive ketones (excluding diaryl/α,β-unsaturated/α-hetero) is 1. The van der Waals surface area contributed by atoms with Crippen LogP contribution in [0.15, 0.2) is 44.9 Å². The lowest BCUT2D eigenvalue weighted by atomic mass is 10.0. The maximum atomic E-state index is 13.2. The molecule has 2 heterocycles. The van der Waals surface area contributed by atoms with Crippen molar-refractivity contribution in [2.75, 3.05) is 13.7 Å². The van der Waals surface area contributed by atoms with Gasteiger partial charge in [-0.15, -0.1) is 11.3 Å². The lowest BCUT2D eigenvalue weighted by Crippen LogP contribution is -2.31. The second kappa shape index (κ2) is 9.02. The first-order chi connectivity index (χ1) is 13.9. The number of nitrogens with one attached hydrogen (secondary N) is 1. The summed E-state index contributed by atoms with van der Waals surface area (Å²) < 4.78 is 10.7. The van der Waals surface area contributed by atoms with E-state index in [0.717, 1.165) is 10.7 Å². The molecule has 2 aromatic heterocycles. The number of aryl methyl sites for hydroxylation is 2. The number of methoxy groups -OCH3 is 1. The Bertz CT molecular complexity index is 1060. The largest absolute Gasteiger partial charge is 0.502 e. The second-order valence-electron chi connectivity index (χ2n) is 6.55. The molecular weight excluding hydrogens is 392 g/mol. The number of hydrogen-bond donors (Lipinski definition) is 2. The molecule has 0 radical (unpaired) electrons. The molecule has 0 aliphatic rings. The molecule has 3 rings (SSSR count). The molecule has 1 atom stereocenters. The number of aromatic nitrogens is 1. The van der Waals surface area contributed by atoms with Crippen molar-refractivity contribution in [2.45, 2.75) is 26.3 Å². The summed E-state index contributed by atoms with van der Waals surface area (Å²) in [6.45, 7) is 3.93. The number of carbonyl (C=O) groups excluding carboxylic acids is 1. The van der Waals surface area contributed by atoms with Crippen molar-refractivity contribution >= 4 is 17.1 Å². The van der Waals surface area contributed by atoms with Gasteiger partial charge in [0.1, 0.15) is 17.6 Å². The average Bonchev–Trinajstić information content (AvgIpc) is 3.13. The lowest BCUT2D eigenvalue weighted by molar-refractivity contribution is 0.0926. The van der Waals surface area contributed by atoms with E-state index in [1.165, 1.54) is 6.07 Å². The van der Waals surface area contributed by atoms with Crippen molar-refractivity contribution in [2.24, 2.45) is 0 Å². The zero-order valence-electron chi connectivity index (χ0n) is 16.4. The van der Waals surface area contributed by atoms with Crippen molar-refractivity contribution in [3.05, 3.63) is 73.7 Å². The monoisotopic (exact) mass is 414 g/mol. The highest BCUT2D eigenvalue weighted by molar-refractivity contribution is 7.09. The van der Waals surface area contributed by atoms with E-state index in [2.05, 4.69) is 10.3 Å². The lowest BCUT2D eigenvalue weighted by Gasteiger charge is -2.18. The highest BCUT2D eigenvalue weighted by Gasteiger charge is 2.28. The number of aromatic hydroxyl groups is 1. The van der Waals surface area contributed by atoms with E-state index in [0.29, 0.717) is 30.0 Å². The summed E-state index contributed by atoms with van der Waals surface area (Å²) in [7, 11) is 1.54. The van der Waals surface area contributed by atoms with Crippen molar-refractivity contribution in [1.29, 1.82) is 0 Å². The number of nitrogens with zero attached hydrogens (tertiary/aromatic N) is 1. The Morgan fingerprint density at radius 2 is 2.03 bits per heavy atom. The van der Waals surface area contributed by atoms with Gasteiger partial charge in [-0.1, -0.05) is 0 Å². The third-order valence-corrected chi connectivity index (χ3v) is 5.35. The van der Waals surface area contributed by atoms with E-state index in [-0.39, 0.29) is 11.5 Å². The van der Waals surface area contributed by atoms with Gasteiger partial charge in [-0.3, -0.25) is 9.59 Å². The number of hydrogen-bond acceptors (Lipinski definition) is 8. The van der Waals surface area contributed by atoms with Crippen LogP contribution in [0.2, 0.25) is 0 Å². The first-order valence-corrected chi connectivity index (χ1v) is 9.93. The fraction of sp³-hybridized carbons (Fsp3) is 0.286. The van der Waals surface area contributed by atoms with E-state index in [1.54, 1.807) is 49.6 Å². The van der Waals surface area contributed by atoms with E-state index in [9.17, 15) is 14.7 Å². The fourth-order valence-corrected chi connectivity index (χ4v) is 3.66. The molecule has 0 bridgehead atoms. The molecule has 2 N–H and O–H groups in total. The molecule has 0 fully saturated rings. The van der Waals surface area contributed by atoms with Gasteiger partial charge in [-0.2, -0.15) is 0 Å². The average molecular weight is 414 g/mol. The van der Waals surface area contributed by atoms with Crippen LogP contribution >= 0.6 is 11.3 Å². The van der Waals surface area contributed by atoms with Gasteiger partial charge in [0.15, 0.2) is 11.5 Å². The maximum Gasteiger partial charge on any atom is 0.227 e. The molecule has 0 saturated heterocycles. The van der Waals surface area contributed by atoms with Crippen LogP contribution < -0.4 is 15.5 Å². The summed E-state index contributed by atoms with van der Waals surface area (Å²) in [6.07, 6.45) is 0.599. The highest BCUT2D eigenvalue weighted by atomic mass is 32.1. The summed E-state index contributed by atoms with van der Waals surface area (Å²) in [5.41, 5.74) is 0.753. The Morgan fingerprint density at radius 1 is 1.31 bits per heavy atom. The number of carbonyl (C=O) groups is 1. The van der Waals surface area contributed by atoms with Gasteiger partial charge in [0.05, 0.1) is 12.1 Å². The van der Waals surface area contributed by atoms with Gasteiger partial charge in [-0.05, 0) is 38.1 Å². The SMILES string of the molecule is COc1ccc(C(=O)C(NCCc2nc(C)cs2)c2oc(C)cc(=O)c2O)cc1. The van der Waals surface area contributed by atoms with Crippen LogP contribution in [-0.2, 0) is 6.42 Å². The van der Waals surface area contributed by atoms with Crippen LogP contribution in [-0.4, -0.2) is 29.5 Å². The van der Waals surface area contributed by atoms with E-state index < -0.39 is 17.2 Å². The molecule has 1 unspecified atom stereocenters. The Labute approximate surface area is 172 Å². The Kier molecular flexibility index (Phi) is 6.46. The quantitative estimate of drug-likeness (QED) is 0.546. The number of ether oxygens (including phenoxy) is 1. The molecule has 8 heteroatoms. The molecule has 0 amide bonds. The summed E-state index contributed by atoms with van der Waals surface area (Å²) in [5.74, 6) is -0.0546. The zero-order chi connectivity index (χ0) is 21.0. The molecule has 0 aliphatic carbocycles. The van der Waals surface area contributed by atoms with E-state index in [1.807, 2.05) is 12.3 Å². The number of thiazole rings is 1. The molecule has 1 aromatic carbocycles. The van der Waals surface area contributed by atoms with Crippen LogP contribution in [0.1, 0.15) is 38.6 Å². The van der Waals surface area contributed by atoms with Gasteiger partial charge in [-0.25, -0.2) is 4.98 Å². The molecule has 29 heavy (non-hydrogen) atoms. The third-order valence-electron chi connectivity index (χ3n) is 4.32. The normalized spacial score (nSPS) is 12.0. The number of ketones is 1. The van der Waals surface area contributed by atoms with Crippen LogP contribution in [0, 0.1) is 13.8 Å². The van der Waals surface area contributed by atoms with Crippen molar-refractivity contribution in [1.82, 2.24) is 10.3 Å². The summed E-state index contributed by atoms with van der Waals surface area (Å²) in [6, 6.07) is 6.78. The first-order valence-electron chi connectivity index (χ1n) is 9.05. The molecule has 152 valence electrons. The van der Waals surface area contributed by atoms with Crippen molar-refractivity contribution in [3.63, 3.8) is 0 Å². The Morgan fingerprint density at radius 3 is 2.66 bits per heavy atom. The fourth-order valence-electron chi connectivity index (χ4n) is 2.89. The van der Waals surface area contributed by atoms with E-state index >= 15 is 0 Å². The molecule has 0 saturated carbocycles. The number of rotatable bonds is 8. The maximum absolute atomic E-state index is 13.2. The van der Waals surface area contributed by atoms with Crippen LogP contribution in [0.3, 0.4) is 0 Å². The van der Waals surface area contributed by atoms with Crippen molar-refractivity contribution in [3.8, 4) is 11.5 Å². The van der Waals surface area contributed by atoms with E-state index in [4.69, 9.17) is 9.15 Å². The molecule has 7 nitrogen and oxygen atoms in total. The minimum atomic E-state index is -1.02. The van der Waals surface area contributed by atoms with Crippen LogP contribution in [0.5, 0.6) is 11.5 Å². The second-order valence-corrected chi connectivity index (χ2v) is 7.49. The molecule has 0 spiro atoms. The highest BCUT2D eigenvalue weighted by Crippen LogP contribution is 2.26. The van der Waals surface area contributed by atoms with Crippen LogP contribution in [0.4, 0.5) is 0 Å². The zero-order valence-corrected chi connectivity index (χ0v) is 17.2. The molecule has 0 aliphatic heterocycles. The summed E-state index contributed by atoms with van der Waals surface area (Å²) in [5, 5.41) is 16.3. The van der Waals surface area contributed by atoms with Gasteiger partial charge >= 0.3 is 0 Å². The van der Waals surface area contributed by atoms with Gasteiger partial charge < -0.3 is 19.6 Å². The number of benzene rings is 1. The first kappa shape index (κ1) is 20.8. The van der Waals surface area contributed by atoms with Gasteiger partial charge in [0.2, 0.25) is 11.2 Å². The topological polar surface area (TPSA) is 102 Å². The summed E-state index contributed by atoms with van der Waals surface area (Å²) >= 11 is 1.54. The predicted octanol–water partition coefficient (Wildman–Crippen LogP) is 3.18. The standard InChI is InChI=1S/C21H22N2O5S/c1-12-11-29-17(23-12)8-9-22-18(21-20(26)16(24)10-13(2)28-21)19(25)14-4-6-15(27-3)7-5-14/h4-7,10-11,18,22,26H,8-9H2,1-3H3. The minimum Gasteiger partial charge on any atom is -0.502 e. The molecular formula is C21H22N2O5S. The van der Waals surface area contributed by atoms with Crippen molar-refractivity contribution < 1.29 is 19.1 Å². The summed E-state index contributed by atoms with van der Waals surface area (Å²) in [4.78, 5) is 29.6. The predicted molar refractivity (Wildman–Crippen MR) is 110 cm³/mol.